The van der Waals surface area contributed by atoms with Crippen molar-refractivity contribution in [1.82, 2.24) is 5.32 Å². The fraction of sp³-hybridized carbons (Fsp3) is 0.667. The molecule has 20 heavy (non-hydrogen) atoms. The van der Waals surface area contributed by atoms with E-state index < -0.39 is 0 Å². The molecule has 0 bridgehead atoms. The zero-order valence-electron chi connectivity index (χ0n) is 13.1. The van der Waals surface area contributed by atoms with Crippen LogP contribution in [-0.4, -0.2) is 25.8 Å². The fourth-order valence-electron chi connectivity index (χ4n) is 3.45. The molecule has 1 saturated carbocycles. The molecule has 3 atom stereocenters. The Morgan fingerprint density at radius 3 is 2.60 bits per heavy atom. The lowest BCUT2D eigenvalue weighted by Crippen LogP contribution is -2.38. The molecule has 3 unspecified atom stereocenters. The molecule has 1 N–H and O–H groups in total. The van der Waals surface area contributed by atoms with Gasteiger partial charge in [0.05, 0.1) is 6.10 Å². The molecule has 0 aromatic heterocycles. The van der Waals surface area contributed by atoms with Gasteiger partial charge in [0, 0.05) is 12.6 Å². The van der Waals surface area contributed by atoms with Gasteiger partial charge in [-0.3, -0.25) is 0 Å². The van der Waals surface area contributed by atoms with E-state index in [0.29, 0.717) is 12.1 Å². The minimum absolute atomic E-state index is 0.344. The molecule has 2 rings (SSSR count). The Hall–Kier alpha value is -0.860. The van der Waals surface area contributed by atoms with Crippen molar-refractivity contribution >= 4 is 0 Å². The Kier molecular flexibility index (Phi) is 6.06. The summed E-state index contributed by atoms with van der Waals surface area (Å²) in [5, 5.41) is 3.51. The van der Waals surface area contributed by atoms with Gasteiger partial charge in [0.1, 0.15) is 0 Å². The van der Waals surface area contributed by atoms with E-state index in [1.165, 1.54) is 31.2 Å². The molecule has 0 heterocycles. The van der Waals surface area contributed by atoms with E-state index in [9.17, 15) is 0 Å². The second kappa shape index (κ2) is 7.80. The average Bonchev–Trinajstić information content (AvgIpc) is 2.47. The first-order valence-corrected chi connectivity index (χ1v) is 8.04. The molecule has 1 aromatic rings. The third kappa shape index (κ3) is 4.32. The molecule has 1 aliphatic carbocycles. The van der Waals surface area contributed by atoms with Crippen LogP contribution >= 0.6 is 0 Å². The molecule has 2 heteroatoms. The molecule has 0 saturated heterocycles. The summed E-state index contributed by atoms with van der Waals surface area (Å²) in [5.74, 6) is 1.46. The minimum Gasteiger partial charge on any atom is -0.379 e. The Morgan fingerprint density at radius 2 is 1.95 bits per heavy atom. The minimum atomic E-state index is 0.344. The van der Waals surface area contributed by atoms with Gasteiger partial charge in [0.15, 0.2) is 0 Å². The highest BCUT2D eigenvalue weighted by Crippen LogP contribution is 2.37. The topological polar surface area (TPSA) is 21.3 Å². The van der Waals surface area contributed by atoms with Gasteiger partial charge >= 0.3 is 0 Å². The molecule has 0 spiro atoms. The van der Waals surface area contributed by atoms with Crippen molar-refractivity contribution in [2.75, 3.05) is 13.7 Å². The number of benzene rings is 1. The summed E-state index contributed by atoms with van der Waals surface area (Å²) in [6.07, 6.45) is 5.39. The summed E-state index contributed by atoms with van der Waals surface area (Å²) < 4.78 is 5.75. The van der Waals surface area contributed by atoms with Crippen LogP contribution in [-0.2, 0) is 4.74 Å². The lowest BCUT2D eigenvalue weighted by Gasteiger charge is -2.36. The summed E-state index contributed by atoms with van der Waals surface area (Å²) in [4.78, 5) is 0. The molecule has 2 nitrogen and oxygen atoms in total. The predicted octanol–water partition coefficient (Wildman–Crippen LogP) is 3.97. The van der Waals surface area contributed by atoms with Crippen LogP contribution in [0, 0.1) is 5.92 Å². The van der Waals surface area contributed by atoms with Crippen molar-refractivity contribution in [2.24, 2.45) is 5.92 Å². The van der Waals surface area contributed by atoms with Gasteiger partial charge in [-0.25, -0.2) is 0 Å². The Bertz CT molecular complexity index is 376. The van der Waals surface area contributed by atoms with Crippen molar-refractivity contribution in [1.29, 1.82) is 0 Å². The first-order valence-electron chi connectivity index (χ1n) is 8.04. The maximum absolute atomic E-state index is 5.75. The number of hydrogen-bond donors (Lipinski definition) is 1. The molecular formula is C18H29NO. The largest absolute Gasteiger partial charge is 0.379 e. The van der Waals surface area contributed by atoms with Crippen molar-refractivity contribution in [3.63, 3.8) is 0 Å². The van der Waals surface area contributed by atoms with Crippen LogP contribution in [0.15, 0.2) is 30.3 Å². The predicted molar refractivity (Wildman–Crippen MR) is 85.1 cm³/mol. The SMILES string of the molecule is CNC1CCC(c2ccccc2)CC1CCOC(C)C. The normalized spacial score (nSPS) is 26.9. The number of nitrogens with one attached hydrogen (secondary N) is 1. The van der Waals surface area contributed by atoms with Crippen molar-refractivity contribution in [3.05, 3.63) is 35.9 Å². The summed E-state index contributed by atoms with van der Waals surface area (Å²) in [5.41, 5.74) is 1.51. The summed E-state index contributed by atoms with van der Waals surface area (Å²) in [6, 6.07) is 11.7. The lowest BCUT2D eigenvalue weighted by molar-refractivity contribution is 0.0591. The molecular weight excluding hydrogens is 246 g/mol. The van der Waals surface area contributed by atoms with Crippen molar-refractivity contribution in [2.45, 2.75) is 57.6 Å². The van der Waals surface area contributed by atoms with E-state index in [1.807, 2.05) is 0 Å². The van der Waals surface area contributed by atoms with Crippen LogP contribution < -0.4 is 5.32 Å². The van der Waals surface area contributed by atoms with Crippen LogP contribution in [0.25, 0.3) is 0 Å². The summed E-state index contributed by atoms with van der Waals surface area (Å²) >= 11 is 0. The third-order valence-electron chi connectivity index (χ3n) is 4.56. The van der Waals surface area contributed by atoms with Gasteiger partial charge in [0.25, 0.3) is 0 Å². The van der Waals surface area contributed by atoms with Crippen LogP contribution in [0.3, 0.4) is 0 Å². The van der Waals surface area contributed by atoms with E-state index in [2.05, 4.69) is 56.5 Å². The highest BCUT2D eigenvalue weighted by Gasteiger charge is 2.29. The van der Waals surface area contributed by atoms with Gasteiger partial charge in [-0.05, 0) is 64.0 Å². The van der Waals surface area contributed by atoms with Gasteiger partial charge in [-0.15, -0.1) is 0 Å². The van der Waals surface area contributed by atoms with Crippen molar-refractivity contribution in [3.8, 4) is 0 Å². The second-order valence-electron chi connectivity index (χ2n) is 6.28. The molecule has 1 aliphatic rings. The molecule has 1 aromatic carbocycles. The highest BCUT2D eigenvalue weighted by molar-refractivity contribution is 5.20. The third-order valence-corrected chi connectivity index (χ3v) is 4.56. The van der Waals surface area contributed by atoms with Gasteiger partial charge in [-0.1, -0.05) is 30.3 Å². The van der Waals surface area contributed by atoms with Crippen LogP contribution in [0.1, 0.15) is 51.0 Å². The summed E-state index contributed by atoms with van der Waals surface area (Å²) in [6.45, 7) is 5.12. The molecule has 112 valence electrons. The number of hydrogen-bond acceptors (Lipinski definition) is 2. The fourth-order valence-corrected chi connectivity index (χ4v) is 3.45. The average molecular weight is 275 g/mol. The van der Waals surface area contributed by atoms with Gasteiger partial charge in [-0.2, -0.15) is 0 Å². The molecule has 0 amide bonds. The van der Waals surface area contributed by atoms with E-state index in [0.717, 1.165) is 18.4 Å². The van der Waals surface area contributed by atoms with Gasteiger partial charge in [0.2, 0.25) is 0 Å². The summed E-state index contributed by atoms with van der Waals surface area (Å²) in [7, 11) is 2.10. The van der Waals surface area contributed by atoms with E-state index in [1.54, 1.807) is 0 Å². The zero-order chi connectivity index (χ0) is 14.4. The van der Waals surface area contributed by atoms with Crippen LogP contribution in [0.4, 0.5) is 0 Å². The van der Waals surface area contributed by atoms with E-state index in [4.69, 9.17) is 4.74 Å². The van der Waals surface area contributed by atoms with Crippen LogP contribution in [0.2, 0.25) is 0 Å². The zero-order valence-corrected chi connectivity index (χ0v) is 13.1. The molecule has 1 fully saturated rings. The van der Waals surface area contributed by atoms with Crippen LogP contribution in [0.5, 0.6) is 0 Å². The molecule has 0 aliphatic heterocycles. The standard InChI is InChI=1S/C18H29NO/c1-14(2)20-12-11-17-13-16(9-10-18(17)19-3)15-7-5-4-6-8-15/h4-8,14,16-19H,9-13H2,1-3H3. The highest BCUT2D eigenvalue weighted by atomic mass is 16.5. The van der Waals surface area contributed by atoms with E-state index in [-0.39, 0.29) is 0 Å². The van der Waals surface area contributed by atoms with Crippen molar-refractivity contribution < 1.29 is 4.74 Å². The smallest absolute Gasteiger partial charge is 0.0518 e. The maximum Gasteiger partial charge on any atom is 0.0518 e. The maximum atomic E-state index is 5.75. The number of rotatable bonds is 6. The van der Waals surface area contributed by atoms with Gasteiger partial charge < -0.3 is 10.1 Å². The monoisotopic (exact) mass is 275 g/mol. The Labute approximate surface area is 123 Å². The van der Waals surface area contributed by atoms with E-state index >= 15 is 0 Å². The quantitative estimate of drug-likeness (QED) is 0.848. The second-order valence-corrected chi connectivity index (χ2v) is 6.28. The Balaban J connectivity index is 1.93. The Morgan fingerprint density at radius 1 is 1.20 bits per heavy atom. The molecule has 0 radical (unpaired) electrons. The number of ether oxygens (including phenoxy) is 1. The first kappa shape index (κ1) is 15.5. The lowest BCUT2D eigenvalue weighted by atomic mass is 9.74. The first-order chi connectivity index (χ1) is 9.70.